The number of unbranched alkanes of at least 4 members (excludes halogenated alkanes) is 1. The van der Waals surface area contributed by atoms with Crippen molar-refractivity contribution in [3.8, 4) is 0 Å². The molecular formula is C15H26O2. The van der Waals surface area contributed by atoms with E-state index in [-0.39, 0.29) is 5.97 Å². The number of carbonyl (C=O) groups excluding carboxylic acids is 1. The summed E-state index contributed by atoms with van der Waals surface area (Å²) in [5.74, 6) is -0.0805. The van der Waals surface area contributed by atoms with Crippen molar-refractivity contribution in [1.29, 1.82) is 0 Å². The van der Waals surface area contributed by atoms with Crippen molar-refractivity contribution in [2.24, 2.45) is 0 Å². The number of carbonyl (C=O) groups is 1. The Labute approximate surface area is 106 Å². The fraction of sp³-hybridized carbons (Fsp3) is 0.667. The second kappa shape index (κ2) is 10.1. The molecule has 0 aliphatic heterocycles. The Morgan fingerprint density at radius 2 is 1.76 bits per heavy atom. The topological polar surface area (TPSA) is 26.3 Å². The lowest BCUT2D eigenvalue weighted by Gasteiger charge is -2.01. The van der Waals surface area contributed by atoms with Crippen molar-refractivity contribution in [3.05, 3.63) is 23.3 Å². The highest BCUT2D eigenvalue weighted by Gasteiger charge is 1.99. The predicted molar refractivity (Wildman–Crippen MR) is 72.9 cm³/mol. The van der Waals surface area contributed by atoms with Crippen LogP contribution in [0.3, 0.4) is 0 Å². The third-order valence-corrected chi connectivity index (χ3v) is 2.47. The summed E-state index contributed by atoms with van der Waals surface area (Å²) < 4.78 is 4.87. The molecule has 0 radical (unpaired) electrons. The first-order valence-electron chi connectivity index (χ1n) is 6.50. The molecule has 0 N–H and O–H groups in total. The Morgan fingerprint density at radius 3 is 2.35 bits per heavy atom. The van der Waals surface area contributed by atoms with Crippen LogP contribution in [0.15, 0.2) is 23.3 Å². The van der Waals surface area contributed by atoms with Crippen LogP contribution in [0, 0.1) is 0 Å². The van der Waals surface area contributed by atoms with E-state index >= 15 is 0 Å². The van der Waals surface area contributed by atoms with E-state index in [0.717, 1.165) is 25.7 Å². The van der Waals surface area contributed by atoms with Crippen LogP contribution in [-0.2, 0) is 9.53 Å². The van der Waals surface area contributed by atoms with Crippen molar-refractivity contribution < 1.29 is 9.53 Å². The van der Waals surface area contributed by atoms with Gasteiger partial charge in [0.15, 0.2) is 0 Å². The molecule has 0 aliphatic rings. The summed E-state index contributed by atoms with van der Waals surface area (Å²) in [7, 11) is 0. The number of rotatable bonds is 8. The van der Waals surface area contributed by atoms with Crippen molar-refractivity contribution in [1.82, 2.24) is 0 Å². The molecule has 0 spiro atoms. The zero-order valence-electron chi connectivity index (χ0n) is 11.7. The average molecular weight is 238 g/mol. The number of hydrogen-bond acceptors (Lipinski definition) is 2. The fourth-order valence-electron chi connectivity index (χ4n) is 1.52. The predicted octanol–water partition coefficient (Wildman–Crippen LogP) is 4.41. The molecule has 0 unspecified atom stereocenters. The van der Waals surface area contributed by atoms with Gasteiger partial charge >= 0.3 is 5.97 Å². The largest absolute Gasteiger partial charge is 0.466 e. The average Bonchev–Trinajstić information content (AvgIpc) is 2.24. The minimum atomic E-state index is -0.0805. The van der Waals surface area contributed by atoms with Crippen LogP contribution in [0.1, 0.15) is 59.8 Å². The van der Waals surface area contributed by atoms with Gasteiger partial charge in [0.25, 0.3) is 0 Å². The lowest BCUT2D eigenvalue weighted by atomic mass is 10.1. The van der Waals surface area contributed by atoms with Crippen LogP contribution in [0.2, 0.25) is 0 Å². The van der Waals surface area contributed by atoms with Crippen molar-refractivity contribution >= 4 is 5.97 Å². The van der Waals surface area contributed by atoms with Gasteiger partial charge in [0.05, 0.1) is 6.61 Å². The zero-order valence-corrected chi connectivity index (χ0v) is 11.7. The standard InChI is InChI=1S/C15H26O2/c1-5-17-15(16)12-7-6-10-14(4)11-8-9-13(2)3/h9-10H,5-8,11-12H2,1-4H3/b14-10+. The first kappa shape index (κ1) is 16.0. The van der Waals surface area contributed by atoms with Gasteiger partial charge in [-0.3, -0.25) is 4.79 Å². The Kier molecular flexibility index (Phi) is 9.50. The molecule has 0 amide bonds. The van der Waals surface area contributed by atoms with Gasteiger partial charge in [-0.05, 0) is 53.4 Å². The molecule has 0 saturated carbocycles. The molecule has 0 saturated heterocycles. The van der Waals surface area contributed by atoms with Gasteiger partial charge in [-0.25, -0.2) is 0 Å². The second-order valence-electron chi connectivity index (χ2n) is 4.57. The molecule has 2 heteroatoms. The Bertz CT molecular complexity index is 271. The van der Waals surface area contributed by atoms with E-state index in [0.29, 0.717) is 13.0 Å². The van der Waals surface area contributed by atoms with E-state index in [1.165, 1.54) is 11.1 Å². The van der Waals surface area contributed by atoms with Gasteiger partial charge in [-0.1, -0.05) is 23.3 Å². The molecule has 98 valence electrons. The maximum Gasteiger partial charge on any atom is 0.305 e. The number of ether oxygens (including phenoxy) is 1. The van der Waals surface area contributed by atoms with E-state index in [2.05, 4.69) is 32.9 Å². The van der Waals surface area contributed by atoms with Crippen molar-refractivity contribution in [2.75, 3.05) is 6.61 Å². The van der Waals surface area contributed by atoms with E-state index in [1.807, 2.05) is 6.92 Å². The van der Waals surface area contributed by atoms with Gasteiger partial charge in [0, 0.05) is 6.42 Å². The van der Waals surface area contributed by atoms with Gasteiger partial charge in [0.2, 0.25) is 0 Å². The maximum absolute atomic E-state index is 11.1. The normalized spacial score (nSPS) is 11.2. The molecule has 0 aromatic heterocycles. The molecule has 0 aromatic rings. The fourth-order valence-corrected chi connectivity index (χ4v) is 1.52. The van der Waals surface area contributed by atoms with Gasteiger partial charge in [-0.15, -0.1) is 0 Å². The maximum atomic E-state index is 11.1. The third kappa shape index (κ3) is 11.2. The number of allylic oxidation sites excluding steroid dienone is 4. The van der Waals surface area contributed by atoms with Gasteiger partial charge in [-0.2, -0.15) is 0 Å². The summed E-state index contributed by atoms with van der Waals surface area (Å²) in [4.78, 5) is 11.1. The smallest absolute Gasteiger partial charge is 0.305 e. The molecule has 0 atom stereocenters. The highest BCUT2D eigenvalue weighted by atomic mass is 16.5. The second-order valence-corrected chi connectivity index (χ2v) is 4.57. The summed E-state index contributed by atoms with van der Waals surface area (Å²) >= 11 is 0. The van der Waals surface area contributed by atoms with Crippen molar-refractivity contribution in [2.45, 2.75) is 59.8 Å². The Hall–Kier alpha value is -1.05. The first-order chi connectivity index (χ1) is 8.06. The number of esters is 1. The lowest BCUT2D eigenvalue weighted by Crippen LogP contribution is -2.02. The summed E-state index contributed by atoms with van der Waals surface area (Å²) in [6, 6.07) is 0. The summed E-state index contributed by atoms with van der Waals surface area (Å²) in [5.41, 5.74) is 2.78. The molecule has 0 rings (SSSR count). The molecule has 0 bridgehead atoms. The number of hydrogen-bond donors (Lipinski definition) is 0. The molecule has 0 aromatic carbocycles. The molecule has 0 fully saturated rings. The van der Waals surface area contributed by atoms with Crippen LogP contribution < -0.4 is 0 Å². The van der Waals surface area contributed by atoms with Crippen LogP contribution >= 0.6 is 0 Å². The lowest BCUT2D eigenvalue weighted by molar-refractivity contribution is -0.143. The van der Waals surface area contributed by atoms with Crippen LogP contribution in [0.4, 0.5) is 0 Å². The Balaban J connectivity index is 3.63. The minimum Gasteiger partial charge on any atom is -0.466 e. The van der Waals surface area contributed by atoms with Crippen LogP contribution in [-0.4, -0.2) is 12.6 Å². The summed E-state index contributed by atoms with van der Waals surface area (Å²) in [5, 5.41) is 0. The van der Waals surface area contributed by atoms with Crippen LogP contribution in [0.5, 0.6) is 0 Å². The molecular weight excluding hydrogens is 212 g/mol. The summed E-state index contributed by atoms with van der Waals surface area (Å²) in [6.45, 7) is 8.72. The van der Waals surface area contributed by atoms with E-state index < -0.39 is 0 Å². The highest BCUT2D eigenvalue weighted by Crippen LogP contribution is 2.09. The van der Waals surface area contributed by atoms with E-state index in [9.17, 15) is 4.79 Å². The molecule has 0 aliphatic carbocycles. The Morgan fingerprint density at radius 1 is 1.06 bits per heavy atom. The van der Waals surface area contributed by atoms with Crippen LogP contribution in [0.25, 0.3) is 0 Å². The molecule has 2 nitrogen and oxygen atoms in total. The first-order valence-corrected chi connectivity index (χ1v) is 6.50. The SMILES string of the molecule is CCOC(=O)CCC/C=C(\C)CCC=C(C)C. The third-order valence-electron chi connectivity index (χ3n) is 2.47. The van der Waals surface area contributed by atoms with Gasteiger partial charge in [0.1, 0.15) is 0 Å². The van der Waals surface area contributed by atoms with E-state index in [4.69, 9.17) is 4.74 Å². The quantitative estimate of drug-likeness (QED) is 0.355. The molecule has 17 heavy (non-hydrogen) atoms. The molecule has 0 heterocycles. The van der Waals surface area contributed by atoms with Crippen molar-refractivity contribution in [3.63, 3.8) is 0 Å². The summed E-state index contributed by atoms with van der Waals surface area (Å²) in [6.07, 6.45) is 9.12. The highest BCUT2D eigenvalue weighted by molar-refractivity contribution is 5.69. The monoisotopic (exact) mass is 238 g/mol. The zero-order chi connectivity index (χ0) is 13.1. The van der Waals surface area contributed by atoms with E-state index in [1.54, 1.807) is 0 Å². The minimum absolute atomic E-state index is 0.0805. The van der Waals surface area contributed by atoms with Gasteiger partial charge < -0.3 is 4.74 Å².